The molecule has 1 fully saturated rings. The number of hydrogen-bond donors (Lipinski definition) is 2. The van der Waals surface area contributed by atoms with Crippen molar-refractivity contribution in [2.75, 3.05) is 44.7 Å². The standard InChI is InChI=1S/C19H22ClN5O/c20-17-11-14(16-13-23-19-15(16)3-1-4-22-19)12-18(24-17)21-5-2-6-25-7-9-26-10-8-25/h1,3-4,11-13H,2,5-10H2,(H,21,24)(H,22,23). The lowest BCUT2D eigenvalue weighted by molar-refractivity contribution is 0.0378. The van der Waals surface area contributed by atoms with Crippen LogP contribution in [0.3, 0.4) is 0 Å². The van der Waals surface area contributed by atoms with Gasteiger partial charge in [-0.3, -0.25) is 4.90 Å². The molecule has 0 spiro atoms. The topological polar surface area (TPSA) is 66.1 Å². The molecule has 4 heterocycles. The van der Waals surface area contributed by atoms with Gasteiger partial charge < -0.3 is 15.0 Å². The molecule has 1 aliphatic heterocycles. The smallest absolute Gasteiger partial charge is 0.137 e. The van der Waals surface area contributed by atoms with Gasteiger partial charge in [-0.15, -0.1) is 0 Å². The summed E-state index contributed by atoms with van der Waals surface area (Å²) in [5.41, 5.74) is 2.98. The summed E-state index contributed by atoms with van der Waals surface area (Å²) < 4.78 is 5.38. The van der Waals surface area contributed by atoms with Crippen molar-refractivity contribution in [3.63, 3.8) is 0 Å². The number of nitrogens with zero attached hydrogens (tertiary/aromatic N) is 3. The summed E-state index contributed by atoms with van der Waals surface area (Å²) in [5.74, 6) is 0.799. The van der Waals surface area contributed by atoms with Crippen LogP contribution < -0.4 is 5.32 Å². The summed E-state index contributed by atoms with van der Waals surface area (Å²) in [6.45, 7) is 5.65. The number of morpholine rings is 1. The lowest BCUT2D eigenvalue weighted by Crippen LogP contribution is -2.37. The van der Waals surface area contributed by atoms with E-state index in [0.717, 1.165) is 73.8 Å². The van der Waals surface area contributed by atoms with Crippen molar-refractivity contribution in [2.24, 2.45) is 0 Å². The molecule has 1 saturated heterocycles. The zero-order valence-electron chi connectivity index (χ0n) is 14.5. The van der Waals surface area contributed by atoms with Gasteiger partial charge in [0, 0.05) is 43.0 Å². The summed E-state index contributed by atoms with van der Waals surface area (Å²) in [5, 5.41) is 4.96. The van der Waals surface area contributed by atoms with E-state index in [2.05, 4.69) is 31.2 Å². The molecular formula is C19H22ClN5O. The van der Waals surface area contributed by atoms with Gasteiger partial charge in [-0.1, -0.05) is 11.6 Å². The maximum atomic E-state index is 6.25. The Morgan fingerprint density at radius 2 is 2.15 bits per heavy atom. The van der Waals surface area contributed by atoms with Crippen LogP contribution in [0.15, 0.2) is 36.7 Å². The maximum Gasteiger partial charge on any atom is 0.137 e. The van der Waals surface area contributed by atoms with E-state index in [0.29, 0.717) is 5.15 Å². The first kappa shape index (κ1) is 17.3. The van der Waals surface area contributed by atoms with E-state index in [4.69, 9.17) is 16.3 Å². The van der Waals surface area contributed by atoms with Crippen LogP contribution in [0, 0.1) is 0 Å². The molecular weight excluding hydrogens is 350 g/mol. The molecule has 6 nitrogen and oxygen atoms in total. The summed E-state index contributed by atoms with van der Waals surface area (Å²) in [7, 11) is 0. The lowest BCUT2D eigenvalue weighted by atomic mass is 10.1. The molecule has 0 aromatic carbocycles. The molecule has 0 bridgehead atoms. The Morgan fingerprint density at radius 1 is 1.27 bits per heavy atom. The lowest BCUT2D eigenvalue weighted by Gasteiger charge is -2.26. The van der Waals surface area contributed by atoms with Crippen LogP contribution in [0.1, 0.15) is 6.42 Å². The fourth-order valence-corrected chi connectivity index (χ4v) is 3.49. The number of hydrogen-bond acceptors (Lipinski definition) is 5. The third-order valence-corrected chi connectivity index (χ3v) is 4.81. The molecule has 26 heavy (non-hydrogen) atoms. The molecule has 0 radical (unpaired) electrons. The van der Waals surface area contributed by atoms with Crippen LogP contribution in [0.25, 0.3) is 22.2 Å². The van der Waals surface area contributed by atoms with Crippen LogP contribution in [-0.4, -0.2) is 59.2 Å². The minimum atomic E-state index is 0.483. The number of aromatic amines is 1. The first-order chi connectivity index (χ1) is 12.8. The number of rotatable bonds is 6. The first-order valence-electron chi connectivity index (χ1n) is 8.93. The summed E-state index contributed by atoms with van der Waals surface area (Å²) in [4.78, 5) is 14.4. The molecule has 3 aromatic rings. The van der Waals surface area contributed by atoms with Crippen LogP contribution >= 0.6 is 11.6 Å². The zero-order chi connectivity index (χ0) is 17.8. The van der Waals surface area contributed by atoms with E-state index in [9.17, 15) is 0 Å². The second-order valence-electron chi connectivity index (χ2n) is 6.40. The van der Waals surface area contributed by atoms with Gasteiger partial charge >= 0.3 is 0 Å². The molecule has 1 aliphatic rings. The Bertz CT molecular complexity index is 875. The van der Waals surface area contributed by atoms with Crippen molar-refractivity contribution in [3.05, 3.63) is 41.8 Å². The molecule has 7 heteroatoms. The van der Waals surface area contributed by atoms with Gasteiger partial charge in [-0.05, 0) is 42.8 Å². The molecule has 0 amide bonds. The summed E-state index contributed by atoms with van der Waals surface area (Å²) in [6, 6.07) is 7.91. The molecule has 4 rings (SSSR count). The Kier molecular flexibility index (Phi) is 5.34. The third kappa shape index (κ3) is 3.98. The van der Waals surface area contributed by atoms with Crippen molar-refractivity contribution >= 4 is 28.5 Å². The van der Waals surface area contributed by atoms with Crippen LogP contribution in [0.2, 0.25) is 5.15 Å². The SMILES string of the molecule is Clc1cc(-c2c[nH]c3ncccc23)cc(NCCCN2CCOCC2)n1. The van der Waals surface area contributed by atoms with Gasteiger partial charge in [0.1, 0.15) is 16.6 Å². The van der Waals surface area contributed by atoms with Gasteiger partial charge in [-0.25, -0.2) is 9.97 Å². The van der Waals surface area contributed by atoms with Gasteiger partial charge in [0.2, 0.25) is 0 Å². The predicted molar refractivity (Wildman–Crippen MR) is 105 cm³/mol. The predicted octanol–water partition coefficient (Wildman–Crippen LogP) is 3.41. The van der Waals surface area contributed by atoms with Gasteiger partial charge in [-0.2, -0.15) is 0 Å². The molecule has 0 atom stereocenters. The fraction of sp³-hybridized carbons (Fsp3) is 0.368. The van der Waals surface area contributed by atoms with Crippen LogP contribution in [0.4, 0.5) is 5.82 Å². The Balaban J connectivity index is 1.43. The molecule has 2 N–H and O–H groups in total. The summed E-state index contributed by atoms with van der Waals surface area (Å²) in [6.07, 6.45) is 4.80. The first-order valence-corrected chi connectivity index (χ1v) is 9.31. The van der Waals surface area contributed by atoms with E-state index in [1.165, 1.54) is 0 Å². The van der Waals surface area contributed by atoms with Gasteiger partial charge in [0.15, 0.2) is 0 Å². The number of aromatic nitrogens is 3. The van der Waals surface area contributed by atoms with Crippen molar-refractivity contribution in [1.82, 2.24) is 19.9 Å². The normalized spacial score (nSPS) is 15.4. The minimum Gasteiger partial charge on any atom is -0.379 e. The third-order valence-electron chi connectivity index (χ3n) is 4.62. The second-order valence-corrected chi connectivity index (χ2v) is 6.79. The number of fused-ring (bicyclic) bond motifs is 1. The number of ether oxygens (including phenoxy) is 1. The Labute approximate surface area is 157 Å². The zero-order valence-corrected chi connectivity index (χ0v) is 15.3. The van der Waals surface area contributed by atoms with Gasteiger partial charge in [0.25, 0.3) is 0 Å². The van der Waals surface area contributed by atoms with Crippen LogP contribution in [0.5, 0.6) is 0 Å². The fourth-order valence-electron chi connectivity index (χ4n) is 3.28. The quantitative estimate of drug-likeness (QED) is 0.513. The number of anilines is 1. The molecule has 3 aromatic heterocycles. The highest BCUT2D eigenvalue weighted by atomic mass is 35.5. The van der Waals surface area contributed by atoms with E-state index < -0.39 is 0 Å². The van der Waals surface area contributed by atoms with E-state index in [1.54, 1.807) is 6.20 Å². The van der Waals surface area contributed by atoms with E-state index in [1.807, 2.05) is 24.4 Å². The highest BCUT2D eigenvalue weighted by Crippen LogP contribution is 2.30. The number of pyridine rings is 2. The number of halogens is 1. The number of nitrogens with one attached hydrogen (secondary N) is 2. The summed E-state index contributed by atoms with van der Waals surface area (Å²) >= 11 is 6.25. The number of H-pyrrole nitrogens is 1. The van der Waals surface area contributed by atoms with Crippen molar-refractivity contribution in [1.29, 1.82) is 0 Å². The van der Waals surface area contributed by atoms with Crippen LogP contribution in [-0.2, 0) is 4.74 Å². The average Bonchev–Trinajstić information content (AvgIpc) is 3.10. The monoisotopic (exact) mass is 371 g/mol. The van der Waals surface area contributed by atoms with Crippen molar-refractivity contribution < 1.29 is 4.74 Å². The van der Waals surface area contributed by atoms with Crippen molar-refractivity contribution in [3.8, 4) is 11.1 Å². The maximum absolute atomic E-state index is 6.25. The molecule has 0 aliphatic carbocycles. The minimum absolute atomic E-state index is 0.483. The van der Waals surface area contributed by atoms with E-state index >= 15 is 0 Å². The highest BCUT2D eigenvalue weighted by Gasteiger charge is 2.11. The Hall–Kier alpha value is -2.15. The van der Waals surface area contributed by atoms with E-state index in [-0.39, 0.29) is 0 Å². The molecule has 136 valence electrons. The van der Waals surface area contributed by atoms with Crippen molar-refractivity contribution in [2.45, 2.75) is 6.42 Å². The highest BCUT2D eigenvalue weighted by molar-refractivity contribution is 6.29. The van der Waals surface area contributed by atoms with Gasteiger partial charge in [0.05, 0.1) is 13.2 Å². The average molecular weight is 372 g/mol. The Morgan fingerprint density at radius 3 is 3.04 bits per heavy atom. The molecule has 0 unspecified atom stereocenters. The largest absolute Gasteiger partial charge is 0.379 e. The molecule has 0 saturated carbocycles. The second kappa shape index (κ2) is 8.03.